The first-order valence-electron chi connectivity index (χ1n) is 6.37. The maximum Gasteiger partial charge on any atom is 0.255 e. The summed E-state index contributed by atoms with van der Waals surface area (Å²) in [4.78, 5) is 12.1. The van der Waals surface area contributed by atoms with Gasteiger partial charge in [-0.3, -0.25) is 4.79 Å². The van der Waals surface area contributed by atoms with Gasteiger partial charge in [-0.25, -0.2) is 0 Å². The predicted molar refractivity (Wildman–Crippen MR) is 70.7 cm³/mol. The fraction of sp³-hybridized carbons (Fsp3) is 0.500. The first-order valence-corrected chi connectivity index (χ1v) is 6.37. The Morgan fingerprint density at radius 3 is 2.94 bits per heavy atom. The lowest BCUT2D eigenvalue weighted by Crippen LogP contribution is -2.48. The zero-order valence-electron chi connectivity index (χ0n) is 10.9. The first kappa shape index (κ1) is 12.9. The lowest BCUT2D eigenvalue weighted by atomic mass is 9.97. The summed E-state index contributed by atoms with van der Waals surface area (Å²) in [5.41, 5.74) is 1.32. The van der Waals surface area contributed by atoms with Crippen LogP contribution in [0.4, 0.5) is 0 Å². The summed E-state index contributed by atoms with van der Waals surface area (Å²) >= 11 is 0. The molecule has 0 bridgehead atoms. The number of nitrogens with one attached hydrogen (secondary N) is 2. The number of phenolic OH excluding ortho intramolecular Hbond substituents is 1. The van der Waals surface area contributed by atoms with Crippen molar-refractivity contribution in [3.05, 3.63) is 29.3 Å². The molecule has 1 heterocycles. The summed E-state index contributed by atoms with van der Waals surface area (Å²) in [6.07, 6.45) is 0.977. The van der Waals surface area contributed by atoms with E-state index in [1.807, 2.05) is 6.92 Å². The summed E-state index contributed by atoms with van der Waals surface area (Å²) in [6, 6.07) is 5.20. The molecule has 1 aromatic carbocycles. The van der Waals surface area contributed by atoms with E-state index in [2.05, 4.69) is 17.6 Å². The Labute approximate surface area is 107 Å². The lowest BCUT2D eigenvalue weighted by molar-refractivity contribution is 0.0922. The van der Waals surface area contributed by atoms with Gasteiger partial charge in [0.1, 0.15) is 5.75 Å². The van der Waals surface area contributed by atoms with Gasteiger partial charge < -0.3 is 15.7 Å². The highest BCUT2D eigenvalue weighted by molar-refractivity contribution is 5.97. The highest BCUT2D eigenvalue weighted by Gasteiger charge is 2.21. The van der Waals surface area contributed by atoms with E-state index in [0.717, 1.165) is 25.1 Å². The Morgan fingerprint density at radius 2 is 2.22 bits per heavy atom. The molecule has 98 valence electrons. The number of hydrogen-bond donors (Lipinski definition) is 3. The molecular formula is C14H20N2O2. The zero-order valence-corrected chi connectivity index (χ0v) is 10.9. The summed E-state index contributed by atoms with van der Waals surface area (Å²) < 4.78 is 0. The molecule has 2 atom stereocenters. The Kier molecular flexibility index (Phi) is 3.87. The minimum Gasteiger partial charge on any atom is -0.507 e. The quantitative estimate of drug-likeness (QED) is 0.742. The van der Waals surface area contributed by atoms with E-state index in [0.29, 0.717) is 11.5 Å². The minimum absolute atomic E-state index is 0.0370. The molecule has 1 aliphatic heterocycles. The van der Waals surface area contributed by atoms with Gasteiger partial charge in [-0.2, -0.15) is 0 Å². The smallest absolute Gasteiger partial charge is 0.255 e. The van der Waals surface area contributed by atoms with Crippen molar-refractivity contribution in [2.45, 2.75) is 26.3 Å². The fourth-order valence-corrected chi connectivity index (χ4v) is 2.36. The second kappa shape index (κ2) is 5.40. The number of rotatable bonds is 2. The van der Waals surface area contributed by atoms with E-state index in [-0.39, 0.29) is 17.7 Å². The van der Waals surface area contributed by atoms with Crippen LogP contribution in [0.5, 0.6) is 5.75 Å². The molecule has 1 amide bonds. The van der Waals surface area contributed by atoms with Crippen LogP contribution in [-0.4, -0.2) is 30.1 Å². The van der Waals surface area contributed by atoms with Crippen molar-refractivity contribution in [1.29, 1.82) is 0 Å². The van der Waals surface area contributed by atoms with E-state index in [4.69, 9.17) is 0 Å². The monoisotopic (exact) mass is 248 g/mol. The van der Waals surface area contributed by atoms with Gasteiger partial charge in [-0.15, -0.1) is 0 Å². The number of phenols is 1. The van der Waals surface area contributed by atoms with Crippen LogP contribution in [0.15, 0.2) is 18.2 Å². The highest BCUT2D eigenvalue weighted by Crippen LogP contribution is 2.19. The number of aryl methyl sites for hydroxylation is 1. The molecule has 1 saturated heterocycles. The van der Waals surface area contributed by atoms with E-state index in [9.17, 15) is 9.90 Å². The third-order valence-electron chi connectivity index (χ3n) is 3.30. The number of carbonyl (C=O) groups is 1. The van der Waals surface area contributed by atoms with Gasteiger partial charge in [-0.05, 0) is 37.9 Å². The van der Waals surface area contributed by atoms with Crippen molar-refractivity contribution in [3.8, 4) is 5.75 Å². The summed E-state index contributed by atoms with van der Waals surface area (Å²) in [7, 11) is 0. The van der Waals surface area contributed by atoms with Crippen LogP contribution >= 0.6 is 0 Å². The normalized spacial score (nSPS) is 23.7. The van der Waals surface area contributed by atoms with Crippen LogP contribution in [0.25, 0.3) is 0 Å². The molecule has 0 aliphatic carbocycles. The molecule has 0 saturated carbocycles. The molecule has 0 radical (unpaired) electrons. The first-order chi connectivity index (χ1) is 8.56. The zero-order chi connectivity index (χ0) is 13.1. The molecule has 2 unspecified atom stereocenters. The number of benzene rings is 1. The molecule has 1 aliphatic rings. The van der Waals surface area contributed by atoms with Crippen LogP contribution < -0.4 is 10.6 Å². The maximum absolute atomic E-state index is 12.1. The standard InChI is InChI=1S/C14H20N2O2/c1-9-3-4-13(17)12(6-9)14(18)16-11-5-10(2)7-15-8-11/h3-4,6,10-11,15,17H,5,7-8H2,1-2H3,(H,16,18). The van der Waals surface area contributed by atoms with E-state index in [1.54, 1.807) is 18.2 Å². The third kappa shape index (κ3) is 3.01. The van der Waals surface area contributed by atoms with Gasteiger partial charge in [0, 0.05) is 12.6 Å². The molecule has 3 N–H and O–H groups in total. The average Bonchev–Trinajstić information content (AvgIpc) is 2.32. The molecule has 0 spiro atoms. The van der Waals surface area contributed by atoms with Crippen molar-refractivity contribution >= 4 is 5.91 Å². The van der Waals surface area contributed by atoms with E-state index < -0.39 is 0 Å². The van der Waals surface area contributed by atoms with Gasteiger partial charge >= 0.3 is 0 Å². The van der Waals surface area contributed by atoms with Crippen LogP contribution in [0.1, 0.15) is 29.3 Å². The largest absolute Gasteiger partial charge is 0.507 e. The summed E-state index contributed by atoms with van der Waals surface area (Å²) in [6.45, 7) is 5.86. The summed E-state index contributed by atoms with van der Waals surface area (Å²) in [5, 5.41) is 16.0. The number of aromatic hydroxyl groups is 1. The number of amides is 1. The van der Waals surface area contributed by atoms with E-state index in [1.165, 1.54) is 0 Å². The molecule has 1 aromatic rings. The fourth-order valence-electron chi connectivity index (χ4n) is 2.36. The van der Waals surface area contributed by atoms with Crippen molar-refractivity contribution in [2.75, 3.05) is 13.1 Å². The van der Waals surface area contributed by atoms with Gasteiger partial charge in [0.15, 0.2) is 0 Å². The van der Waals surface area contributed by atoms with Crippen LogP contribution in [0.3, 0.4) is 0 Å². The van der Waals surface area contributed by atoms with Gasteiger partial charge in [0.25, 0.3) is 5.91 Å². The second-order valence-electron chi connectivity index (χ2n) is 5.19. The molecule has 18 heavy (non-hydrogen) atoms. The van der Waals surface area contributed by atoms with Gasteiger partial charge in [0.2, 0.25) is 0 Å². The summed E-state index contributed by atoms with van der Waals surface area (Å²) in [5.74, 6) is 0.405. The number of piperidine rings is 1. The highest BCUT2D eigenvalue weighted by atomic mass is 16.3. The van der Waals surface area contributed by atoms with Gasteiger partial charge in [0.05, 0.1) is 5.56 Å². The van der Waals surface area contributed by atoms with Gasteiger partial charge in [-0.1, -0.05) is 18.6 Å². The number of carbonyl (C=O) groups excluding carboxylic acids is 1. The second-order valence-corrected chi connectivity index (χ2v) is 5.19. The van der Waals surface area contributed by atoms with Crippen molar-refractivity contribution in [2.24, 2.45) is 5.92 Å². The Hall–Kier alpha value is -1.55. The van der Waals surface area contributed by atoms with E-state index >= 15 is 0 Å². The third-order valence-corrected chi connectivity index (χ3v) is 3.30. The minimum atomic E-state index is -0.197. The Balaban J connectivity index is 2.05. The Morgan fingerprint density at radius 1 is 1.44 bits per heavy atom. The maximum atomic E-state index is 12.1. The average molecular weight is 248 g/mol. The number of hydrogen-bond acceptors (Lipinski definition) is 3. The molecule has 4 nitrogen and oxygen atoms in total. The molecular weight excluding hydrogens is 228 g/mol. The van der Waals surface area contributed by atoms with Crippen molar-refractivity contribution in [3.63, 3.8) is 0 Å². The Bertz CT molecular complexity index is 445. The molecule has 2 rings (SSSR count). The van der Waals surface area contributed by atoms with Crippen LogP contribution in [-0.2, 0) is 0 Å². The molecule has 0 aromatic heterocycles. The predicted octanol–water partition coefficient (Wildman–Crippen LogP) is 1.43. The van der Waals surface area contributed by atoms with Crippen molar-refractivity contribution in [1.82, 2.24) is 10.6 Å². The molecule has 1 fully saturated rings. The van der Waals surface area contributed by atoms with Crippen molar-refractivity contribution < 1.29 is 9.90 Å². The topological polar surface area (TPSA) is 61.4 Å². The molecule has 4 heteroatoms. The lowest BCUT2D eigenvalue weighted by Gasteiger charge is -2.28. The van der Waals surface area contributed by atoms with Crippen LogP contribution in [0, 0.1) is 12.8 Å². The SMILES string of the molecule is Cc1ccc(O)c(C(=O)NC2CNCC(C)C2)c1. The van der Waals surface area contributed by atoms with Crippen LogP contribution in [0.2, 0.25) is 0 Å².